The van der Waals surface area contributed by atoms with Gasteiger partial charge in [0.25, 0.3) is 0 Å². The topological polar surface area (TPSA) is 47.7 Å². The Kier molecular flexibility index (Phi) is 7.77. The Morgan fingerprint density at radius 1 is 1.29 bits per heavy atom. The lowest BCUT2D eigenvalue weighted by Crippen LogP contribution is -2.44. The fourth-order valence-corrected chi connectivity index (χ4v) is 2.33. The number of nitrogens with zero attached hydrogens (tertiary/aromatic N) is 1. The molecular weight excluding hydrogens is 216 g/mol. The van der Waals surface area contributed by atoms with E-state index >= 15 is 0 Å². The van der Waals surface area contributed by atoms with Crippen LogP contribution in [0.25, 0.3) is 0 Å². The van der Waals surface area contributed by atoms with Crippen molar-refractivity contribution in [2.45, 2.75) is 32.2 Å². The summed E-state index contributed by atoms with van der Waals surface area (Å²) in [6.45, 7) is 7.41. The van der Waals surface area contributed by atoms with Crippen LogP contribution in [0, 0.1) is 5.92 Å². The van der Waals surface area contributed by atoms with Gasteiger partial charge in [-0.05, 0) is 38.3 Å². The molecule has 2 atom stereocenters. The molecule has 1 aliphatic rings. The molecule has 0 spiro atoms. The minimum absolute atomic E-state index is 0.372. The zero-order valence-corrected chi connectivity index (χ0v) is 11.4. The molecule has 0 aromatic carbocycles. The average molecular weight is 244 g/mol. The lowest BCUT2D eigenvalue weighted by atomic mass is 10.0. The second-order valence-electron chi connectivity index (χ2n) is 5.03. The third kappa shape index (κ3) is 5.82. The van der Waals surface area contributed by atoms with Crippen LogP contribution < -0.4 is 5.73 Å². The van der Waals surface area contributed by atoms with Gasteiger partial charge in [-0.15, -0.1) is 0 Å². The van der Waals surface area contributed by atoms with E-state index in [-0.39, 0.29) is 0 Å². The molecule has 102 valence electrons. The number of ether oxygens (including phenoxy) is 2. The van der Waals surface area contributed by atoms with Crippen LogP contribution in [0.15, 0.2) is 0 Å². The molecule has 1 rings (SSSR count). The third-order valence-corrected chi connectivity index (χ3v) is 3.58. The molecule has 1 saturated heterocycles. The predicted octanol–water partition coefficient (Wildman–Crippen LogP) is 1.10. The molecule has 1 heterocycles. The highest BCUT2D eigenvalue weighted by Crippen LogP contribution is 2.17. The molecule has 0 amide bonds. The van der Waals surface area contributed by atoms with Crippen molar-refractivity contribution < 1.29 is 9.47 Å². The molecule has 2 unspecified atom stereocenters. The van der Waals surface area contributed by atoms with Gasteiger partial charge in [0.2, 0.25) is 0 Å². The molecule has 1 fully saturated rings. The van der Waals surface area contributed by atoms with Crippen molar-refractivity contribution in [2.75, 3.05) is 46.6 Å². The summed E-state index contributed by atoms with van der Waals surface area (Å²) < 4.78 is 10.6. The highest BCUT2D eigenvalue weighted by molar-refractivity contribution is 4.76. The van der Waals surface area contributed by atoms with Gasteiger partial charge in [-0.25, -0.2) is 0 Å². The van der Waals surface area contributed by atoms with Crippen LogP contribution in [0.5, 0.6) is 0 Å². The minimum Gasteiger partial charge on any atom is -0.382 e. The predicted molar refractivity (Wildman–Crippen MR) is 70.1 cm³/mol. The molecule has 1 aliphatic heterocycles. The Hall–Kier alpha value is -0.160. The van der Waals surface area contributed by atoms with E-state index in [2.05, 4.69) is 11.8 Å². The quantitative estimate of drug-likeness (QED) is 0.681. The molecule has 0 aromatic heterocycles. The maximum absolute atomic E-state index is 5.85. The molecule has 2 N–H and O–H groups in total. The second kappa shape index (κ2) is 8.86. The number of nitrogens with two attached hydrogens (primary N) is 1. The van der Waals surface area contributed by atoms with E-state index in [0.29, 0.717) is 25.8 Å². The Morgan fingerprint density at radius 3 is 2.82 bits per heavy atom. The number of likely N-dealkylation sites (tertiary alicyclic amines) is 1. The number of hydrogen-bond donors (Lipinski definition) is 1. The standard InChI is InChI=1S/C13H28N2O2/c1-12-4-3-6-15(7-5-12)13(10-14)11-17-9-8-16-2/h12-13H,3-11,14H2,1-2H3. The van der Waals surface area contributed by atoms with Gasteiger partial charge >= 0.3 is 0 Å². The van der Waals surface area contributed by atoms with Crippen molar-refractivity contribution in [3.05, 3.63) is 0 Å². The summed E-state index contributed by atoms with van der Waals surface area (Å²) >= 11 is 0. The van der Waals surface area contributed by atoms with Crippen molar-refractivity contribution in [1.29, 1.82) is 0 Å². The minimum atomic E-state index is 0.372. The summed E-state index contributed by atoms with van der Waals surface area (Å²) in [5.74, 6) is 0.854. The summed E-state index contributed by atoms with van der Waals surface area (Å²) in [5, 5.41) is 0. The lowest BCUT2D eigenvalue weighted by Gasteiger charge is -2.29. The van der Waals surface area contributed by atoms with E-state index in [0.717, 1.165) is 19.1 Å². The lowest BCUT2D eigenvalue weighted by molar-refractivity contribution is 0.0326. The average Bonchev–Trinajstić information content (AvgIpc) is 2.55. The molecule has 0 aliphatic carbocycles. The summed E-state index contributed by atoms with van der Waals surface area (Å²) in [6.07, 6.45) is 3.92. The van der Waals surface area contributed by atoms with Crippen molar-refractivity contribution in [1.82, 2.24) is 4.90 Å². The molecule has 0 radical (unpaired) electrons. The van der Waals surface area contributed by atoms with Gasteiger partial charge < -0.3 is 15.2 Å². The summed E-state index contributed by atoms with van der Waals surface area (Å²) in [6, 6.07) is 0.372. The van der Waals surface area contributed by atoms with Crippen molar-refractivity contribution >= 4 is 0 Å². The first kappa shape index (κ1) is 14.9. The number of methoxy groups -OCH3 is 1. The number of hydrogen-bond acceptors (Lipinski definition) is 4. The summed E-state index contributed by atoms with van der Waals surface area (Å²) in [7, 11) is 1.69. The zero-order chi connectivity index (χ0) is 12.5. The van der Waals surface area contributed by atoms with Gasteiger partial charge in [-0.2, -0.15) is 0 Å². The highest BCUT2D eigenvalue weighted by Gasteiger charge is 2.20. The summed E-state index contributed by atoms with van der Waals surface area (Å²) in [5.41, 5.74) is 5.85. The van der Waals surface area contributed by atoms with Crippen molar-refractivity contribution in [3.8, 4) is 0 Å². The first-order valence-corrected chi connectivity index (χ1v) is 6.78. The van der Waals surface area contributed by atoms with E-state index in [9.17, 15) is 0 Å². The van der Waals surface area contributed by atoms with Gasteiger partial charge in [-0.3, -0.25) is 4.90 Å². The maximum Gasteiger partial charge on any atom is 0.0701 e. The molecular formula is C13H28N2O2. The van der Waals surface area contributed by atoms with Crippen LogP contribution in [-0.2, 0) is 9.47 Å². The SMILES string of the molecule is COCCOCC(CN)N1CCCC(C)CC1. The maximum atomic E-state index is 5.85. The van der Waals surface area contributed by atoms with Crippen LogP contribution in [0.3, 0.4) is 0 Å². The largest absolute Gasteiger partial charge is 0.382 e. The Morgan fingerprint density at radius 2 is 2.12 bits per heavy atom. The zero-order valence-electron chi connectivity index (χ0n) is 11.4. The van der Waals surface area contributed by atoms with Gasteiger partial charge in [0.15, 0.2) is 0 Å². The molecule has 0 saturated carbocycles. The smallest absolute Gasteiger partial charge is 0.0701 e. The molecule has 0 bridgehead atoms. The fraction of sp³-hybridized carbons (Fsp3) is 1.00. The van der Waals surface area contributed by atoms with Crippen LogP contribution in [0.1, 0.15) is 26.2 Å². The van der Waals surface area contributed by atoms with E-state index < -0.39 is 0 Å². The Balaban J connectivity index is 2.27. The number of rotatable bonds is 7. The van der Waals surface area contributed by atoms with Gasteiger partial charge in [0.1, 0.15) is 0 Å². The van der Waals surface area contributed by atoms with Crippen LogP contribution in [0.2, 0.25) is 0 Å². The molecule has 4 heteroatoms. The third-order valence-electron chi connectivity index (χ3n) is 3.58. The van der Waals surface area contributed by atoms with Crippen molar-refractivity contribution in [3.63, 3.8) is 0 Å². The van der Waals surface area contributed by atoms with Gasteiger partial charge in [0.05, 0.1) is 19.8 Å². The summed E-state index contributed by atoms with van der Waals surface area (Å²) in [4.78, 5) is 2.50. The van der Waals surface area contributed by atoms with Crippen LogP contribution >= 0.6 is 0 Å². The van der Waals surface area contributed by atoms with E-state index in [1.165, 1.54) is 25.8 Å². The molecule has 4 nitrogen and oxygen atoms in total. The normalized spacial score (nSPS) is 24.5. The van der Waals surface area contributed by atoms with Crippen molar-refractivity contribution in [2.24, 2.45) is 11.7 Å². The van der Waals surface area contributed by atoms with Gasteiger partial charge in [-0.1, -0.05) is 6.92 Å². The van der Waals surface area contributed by atoms with E-state index in [1.54, 1.807) is 7.11 Å². The van der Waals surface area contributed by atoms with Gasteiger partial charge in [0, 0.05) is 19.7 Å². The second-order valence-corrected chi connectivity index (χ2v) is 5.03. The van der Waals surface area contributed by atoms with Crippen LogP contribution in [0.4, 0.5) is 0 Å². The highest BCUT2D eigenvalue weighted by atomic mass is 16.5. The van der Waals surface area contributed by atoms with E-state index in [1.807, 2.05) is 0 Å². The Bertz CT molecular complexity index is 190. The molecule has 17 heavy (non-hydrogen) atoms. The fourth-order valence-electron chi connectivity index (χ4n) is 2.33. The van der Waals surface area contributed by atoms with E-state index in [4.69, 9.17) is 15.2 Å². The first-order chi connectivity index (χ1) is 8.27. The monoisotopic (exact) mass is 244 g/mol. The van der Waals surface area contributed by atoms with Crippen LogP contribution in [-0.4, -0.2) is 57.5 Å². The Labute approximate surface area is 105 Å². The first-order valence-electron chi connectivity index (χ1n) is 6.78. The molecule has 0 aromatic rings.